The largest absolute Gasteiger partial charge is 0.463 e. The minimum absolute atomic E-state index is 0.0389. The van der Waals surface area contributed by atoms with Crippen molar-refractivity contribution in [2.45, 2.75) is 51.6 Å². The Balaban J connectivity index is 1.52. The van der Waals surface area contributed by atoms with Crippen molar-refractivity contribution in [1.29, 1.82) is 0 Å². The van der Waals surface area contributed by atoms with Gasteiger partial charge in [-0.3, -0.25) is 4.79 Å². The lowest BCUT2D eigenvalue weighted by molar-refractivity contribution is -0.684. The van der Waals surface area contributed by atoms with E-state index in [1.54, 1.807) is 6.26 Å². The predicted octanol–water partition coefficient (Wildman–Crippen LogP) is 2.66. The molecule has 128 valence electrons. The van der Waals surface area contributed by atoms with E-state index in [0.717, 1.165) is 12.2 Å². The van der Waals surface area contributed by atoms with Gasteiger partial charge in [-0.2, -0.15) is 0 Å². The quantitative estimate of drug-likeness (QED) is 0.857. The Morgan fingerprint density at radius 1 is 1.21 bits per heavy atom. The van der Waals surface area contributed by atoms with Crippen molar-refractivity contribution in [1.82, 2.24) is 5.32 Å². The molecule has 24 heavy (non-hydrogen) atoms. The number of rotatable bonds is 6. The van der Waals surface area contributed by atoms with E-state index >= 15 is 0 Å². The van der Waals surface area contributed by atoms with E-state index < -0.39 is 0 Å². The van der Waals surface area contributed by atoms with Crippen LogP contribution in [0.1, 0.15) is 61.2 Å². The second-order valence-electron chi connectivity index (χ2n) is 6.77. The normalized spacial score (nSPS) is 16.2. The smallest absolute Gasteiger partial charge is 0.275 e. The molecule has 0 saturated carbocycles. The van der Waals surface area contributed by atoms with Crippen molar-refractivity contribution in [3.8, 4) is 0 Å². The van der Waals surface area contributed by atoms with E-state index in [0.29, 0.717) is 6.54 Å². The van der Waals surface area contributed by atoms with Crippen LogP contribution < -0.4 is 10.6 Å². The van der Waals surface area contributed by atoms with Crippen molar-refractivity contribution in [2.75, 3.05) is 6.54 Å². The summed E-state index contributed by atoms with van der Waals surface area (Å²) in [4.78, 5) is 12.2. The van der Waals surface area contributed by atoms with Crippen molar-refractivity contribution >= 4 is 5.91 Å². The molecule has 0 saturated heterocycles. The zero-order valence-electron chi connectivity index (χ0n) is 14.5. The number of nitrogens with one attached hydrogen (secondary N) is 1. The fraction of sp³-hybridized carbons (Fsp3) is 0.450. The highest BCUT2D eigenvalue weighted by Crippen LogP contribution is 2.24. The number of quaternary nitrogens is 1. The number of amides is 1. The lowest BCUT2D eigenvalue weighted by Gasteiger charge is -2.20. The van der Waals surface area contributed by atoms with Crippen LogP contribution in [0.15, 0.2) is 41.0 Å². The summed E-state index contributed by atoms with van der Waals surface area (Å²) in [5.41, 5.74) is 4.13. The van der Waals surface area contributed by atoms with Crippen molar-refractivity contribution in [3.63, 3.8) is 0 Å². The summed E-state index contributed by atoms with van der Waals surface area (Å²) in [6, 6.07) is 10.7. The van der Waals surface area contributed by atoms with Gasteiger partial charge in [0.1, 0.15) is 6.04 Å². The molecule has 0 aliphatic heterocycles. The number of nitrogens with two attached hydrogens (primary N) is 1. The van der Waals surface area contributed by atoms with Crippen LogP contribution in [-0.2, 0) is 17.6 Å². The highest BCUT2D eigenvalue weighted by molar-refractivity contribution is 5.77. The first kappa shape index (κ1) is 16.8. The second-order valence-corrected chi connectivity index (χ2v) is 6.77. The number of benzene rings is 1. The average Bonchev–Trinajstić information content (AvgIpc) is 3.14. The topological polar surface area (TPSA) is 58.9 Å². The Bertz CT molecular complexity index is 679. The maximum Gasteiger partial charge on any atom is 0.275 e. The molecule has 0 bridgehead atoms. The van der Waals surface area contributed by atoms with Crippen molar-refractivity contribution < 1.29 is 14.5 Å². The van der Waals surface area contributed by atoms with Gasteiger partial charge in [-0.1, -0.05) is 18.2 Å². The first-order chi connectivity index (χ1) is 11.6. The highest BCUT2D eigenvalue weighted by atomic mass is 16.3. The molecule has 3 N–H and O–H groups in total. The van der Waals surface area contributed by atoms with Gasteiger partial charge in [-0.05, 0) is 68.4 Å². The molecule has 0 radical (unpaired) electrons. The van der Waals surface area contributed by atoms with Crippen molar-refractivity contribution in [2.24, 2.45) is 0 Å². The molecule has 3 rings (SSSR count). The summed E-state index contributed by atoms with van der Waals surface area (Å²) >= 11 is 0. The molecule has 1 aromatic carbocycles. The molecular formula is C20H27N2O2+. The van der Waals surface area contributed by atoms with E-state index in [1.807, 2.05) is 24.4 Å². The molecule has 0 spiro atoms. The van der Waals surface area contributed by atoms with Crippen LogP contribution in [0, 0.1) is 0 Å². The van der Waals surface area contributed by atoms with Gasteiger partial charge < -0.3 is 15.1 Å². The molecule has 0 unspecified atom stereocenters. The number of hydrogen-bond donors (Lipinski definition) is 2. The summed E-state index contributed by atoms with van der Waals surface area (Å²) < 4.78 is 5.37. The molecule has 1 aliphatic rings. The molecule has 4 nitrogen and oxygen atoms in total. The maximum atomic E-state index is 12.2. The summed E-state index contributed by atoms with van der Waals surface area (Å²) in [5.74, 6) is 0.948. The minimum Gasteiger partial charge on any atom is -0.463 e. The third-order valence-electron chi connectivity index (χ3n) is 4.90. The Kier molecular flexibility index (Phi) is 5.36. The standard InChI is InChI=1S/C20H26N2O2/c1-14(17-10-9-16-6-3-4-7-18(16)12-17)22-20(23)13-21-15(2)19-8-5-11-24-19/h5,8-12,14-15,21H,3-4,6-7,13H2,1-2H3,(H,22,23)/p+1/t14-,15+/m0/s1. The molecule has 1 aromatic heterocycles. The Morgan fingerprint density at radius 3 is 2.75 bits per heavy atom. The van der Waals surface area contributed by atoms with Gasteiger partial charge in [0, 0.05) is 0 Å². The average molecular weight is 327 g/mol. The Morgan fingerprint density at radius 2 is 2.00 bits per heavy atom. The van der Waals surface area contributed by atoms with Gasteiger partial charge in [0.2, 0.25) is 0 Å². The molecule has 0 fully saturated rings. The summed E-state index contributed by atoms with van der Waals surface area (Å²) in [6.07, 6.45) is 6.59. The van der Waals surface area contributed by atoms with E-state index in [2.05, 4.69) is 30.4 Å². The Hall–Kier alpha value is -2.07. The third-order valence-corrected chi connectivity index (χ3v) is 4.90. The summed E-state index contributed by atoms with van der Waals surface area (Å²) in [5, 5.41) is 5.10. The number of furan rings is 1. The molecule has 1 heterocycles. The molecule has 2 atom stereocenters. The van der Waals surface area contributed by atoms with E-state index in [-0.39, 0.29) is 18.0 Å². The second kappa shape index (κ2) is 7.67. The predicted molar refractivity (Wildman–Crippen MR) is 93.6 cm³/mol. The van der Waals surface area contributed by atoms with Gasteiger partial charge in [0.15, 0.2) is 12.3 Å². The lowest BCUT2D eigenvalue weighted by atomic mass is 9.89. The van der Waals surface area contributed by atoms with Gasteiger partial charge >= 0.3 is 0 Å². The van der Waals surface area contributed by atoms with Gasteiger partial charge in [0.05, 0.1) is 12.3 Å². The van der Waals surface area contributed by atoms with E-state index in [1.165, 1.54) is 36.0 Å². The van der Waals surface area contributed by atoms with Crippen LogP contribution in [-0.4, -0.2) is 12.5 Å². The minimum atomic E-state index is 0.0389. The number of aryl methyl sites for hydroxylation is 2. The Labute approximate surface area is 143 Å². The van der Waals surface area contributed by atoms with Crippen LogP contribution >= 0.6 is 0 Å². The van der Waals surface area contributed by atoms with Crippen LogP contribution in [0.25, 0.3) is 0 Å². The van der Waals surface area contributed by atoms with Gasteiger partial charge in [-0.15, -0.1) is 0 Å². The number of fused-ring (bicyclic) bond motifs is 1. The van der Waals surface area contributed by atoms with E-state index in [4.69, 9.17) is 4.42 Å². The molecule has 1 aliphatic carbocycles. The molecule has 2 aromatic rings. The van der Waals surface area contributed by atoms with Crippen LogP contribution in [0.5, 0.6) is 0 Å². The number of hydrogen-bond acceptors (Lipinski definition) is 2. The lowest BCUT2D eigenvalue weighted by Crippen LogP contribution is -2.87. The highest BCUT2D eigenvalue weighted by Gasteiger charge is 2.17. The maximum absolute atomic E-state index is 12.2. The fourth-order valence-electron chi connectivity index (χ4n) is 3.36. The SMILES string of the molecule is C[C@H](NC(=O)C[NH2+][C@H](C)c1ccco1)c1ccc2c(c1)CCCC2. The van der Waals surface area contributed by atoms with Gasteiger partial charge in [-0.25, -0.2) is 0 Å². The van der Waals surface area contributed by atoms with Crippen LogP contribution in [0.4, 0.5) is 0 Å². The monoisotopic (exact) mass is 327 g/mol. The molecule has 1 amide bonds. The number of carbonyl (C=O) groups is 1. The fourth-order valence-corrected chi connectivity index (χ4v) is 3.36. The van der Waals surface area contributed by atoms with Gasteiger partial charge in [0.25, 0.3) is 5.91 Å². The summed E-state index contributed by atoms with van der Waals surface area (Å²) in [7, 11) is 0. The first-order valence-electron chi connectivity index (χ1n) is 8.91. The van der Waals surface area contributed by atoms with Crippen LogP contribution in [0.3, 0.4) is 0 Å². The third kappa shape index (κ3) is 4.06. The molecule has 4 heteroatoms. The number of carbonyl (C=O) groups excluding carboxylic acids is 1. The summed E-state index contributed by atoms with van der Waals surface area (Å²) in [6.45, 7) is 4.49. The first-order valence-corrected chi connectivity index (χ1v) is 8.91. The van der Waals surface area contributed by atoms with Crippen LogP contribution in [0.2, 0.25) is 0 Å². The zero-order chi connectivity index (χ0) is 16.9. The molecular weight excluding hydrogens is 300 g/mol. The van der Waals surface area contributed by atoms with Crippen molar-refractivity contribution in [3.05, 3.63) is 59.0 Å². The van der Waals surface area contributed by atoms with E-state index in [9.17, 15) is 4.79 Å². The zero-order valence-corrected chi connectivity index (χ0v) is 14.5.